The number of carbonyl (C=O) groups excluding carboxylic acids is 2. The zero-order valence-corrected chi connectivity index (χ0v) is 25.7. The molecule has 2 heterocycles. The highest BCUT2D eigenvalue weighted by Crippen LogP contribution is 2.34. The van der Waals surface area contributed by atoms with E-state index >= 15 is 4.39 Å². The van der Waals surface area contributed by atoms with Crippen LogP contribution in [-0.4, -0.2) is 69.9 Å². The molecule has 0 spiro atoms. The third-order valence-electron chi connectivity index (χ3n) is 7.65. The Balaban J connectivity index is 1.44. The number of nitrogens with zero attached hydrogens (tertiary/aromatic N) is 5. The minimum atomic E-state index is -0.742. The zero-order valence-electron chi connectivity index (χ0n) is 25.7. The lowest BCUT2D eigenvalue weighted by Crippen LogP contribution is -2.47. The number of aromatic nitrogens is 2. The van der Waals surface area contributed by atoms with Crippen molar-refractivity contribution < 1.29 is 14.0 Å². The molecule has 228 valence electrons. The van der Waals surface area contributed by atoms with Crippen LogP contribution in [0.25, 0.3) is 11.3 Å². The average Bonchev–Trinajstić information content (AvgIpc) is 3.00. The molecule has 0 unspecified atom stereocenters. The van der Waals surface area contributed by atoms with E-state index in [1.54, 1.807) is 73.8 Å². The number of benzene rings is 3. The maximum atomic E-state index is 16.3. The molecule has 1 saturated heterocycles. The van der Waals surface area contributed by atoms with Gasteiger partial charge in [-0.15, -0.1) is 0 Å². The van der Waals surface area contributed by atoms with Crippen LogP contribution in [0, 0.1) is 5.82 Å². The predicted octanol–water partition coefficient (Wildman–Crippen LogP) is 5.16. The summed E-state index contributed by atoms with van der Waals surface area (Å²) in [5.74, 6) is -0.998. The van der Waals surface area contributed by atoms with Crippen molar-refractivity contribution in [3.05, 3.63) is 106 Å². The van der Waals surface area contributed by atoms with Gasteiger partial charge in [0.2, 0.25) is 0 Å². The monoisotopic (exact) mass is 596 g/mol. The summed E-state index contributed by atoms with van der Waals surface area (Å²) in [7, 11) is 3.60. The molecule has 1 aromatic heterocycles. The van der Waals surface area contributed by atoms with Crippen molar-refractivity contribution in [1.29, 1.82) is 0 Å². The summed E-state index contributed by atoms with van der Waals surface area (Å²) in [5.41, 5.74) is 0.878. The Kier molecular flexibility index (Phi) is 8.64. The Hall–Kier alpha value is -4.83. The second-order valence-electron chi connectivity index (χ2n) is 12.0. The van der Waals surface area contributed by atoms with E-state index in [-0.39, 0.29) is 34.6 Å². The van der Waals surface area contributed by atoms with E-state index in [9.17, 15) is 14.4 Å². The number of anilines is 3. The van der Waals surface area contributed by atoms with Crippen LogP contribution in [0.3, 0.4) is 0 Å². The van der Waals surface area contributed by atoms with Gasteiger partial charge in [-0.2, -0.15) is 0 Å². The largest absolute Gasteiger partial charge is 0.336 e. The molecule has 44 heavy (non-hydrogen) atoms. The van der Waals surface area contributed by atoms with E-state index in [1.807, 2.05) is 38.8 Å². The molecule has 1 N–H and O–H groups in total. The molecule has 0 radical (unpaired) electrons. The average molecular weight is 597 g/mol. The number of rotatable bonds is 6. The second-order valence-corrected chi connectivity index (χ2v) is 12.0. The van der Waals surface area contributed by atoms with Crippen molar-refractivity contribution in [3.63, 3.8) is 0 Å². The maximum Gasteiger partial charge on any atom is 0.293 e. The van der Waals surface area contributed by atoms with E-state index in [0.29, 0.717) is 29.9 Å². The molecule has 10 heteroatoms. The lowest BCUT2D eigenvalue weighted by molar-refractivity contribution is 0.0664. The summed E-state index contributed by atoms with van der Waals surface area (Å²) in [6.45, 7) is 8.54. The first-order chi connectivity index (χ1) is 20.9. The first-order valence-corrected chi connectivity index (χ1v) is 14.5. The Bertz CT molecular complexity index is 1720. The molecular weight excluding hydrogens is 559 g/mol. The van der Waals surface area contributed by atoms with E-state index in [4.69, 9.17) is 0 Å². The molecule has 4 aromatic rings. The van der Waals surface area contributed by atoms with Crippen LogP contribution in [0.4, 0.5) is 21.6 Å². The second kappa shape index (κ2) is 12.4. The first-order valence-electron chi connectivity index (χ1n) is 14.5. The number of hydrogen-bond donors (Lipinski definition) is 1. The molecule has 3 aromatic carbocycles. The van der Waals surface area contributed by atoms with Crippen LogP contribution in [0.2, 0.25) is 0 Å². The maximum absolute atomic E-state index is 16.3. The van der Waals surface area contributed by atoms with Gasteiger partial charge in [-0.05, 0) is 76.3 Å². The molecule has 0 saturated carbocycles. The van der Waals surface area contributed by atoms with E-state index in [2.05, 4.69) is 15.2 Å². The van der Waals surface area contributed by atoms with Gasteiger partial charge in [0.1, 0.15) is 0 Å². The Labute approximate surface area is 256 Å². The van der Waals surface area contributed by atoms with E-state index < -0.39 is 16.9 Å². The fourth-order valence-electron chi connectivity index (χ4n) is 5.22. The van der Waals surface area contributed by atoms with Crippen molar-refractivity contribution in [2.45, 2.75) is 26.3 Å². The van der Waals surface area contributed by atoms with E-state index in [1.165, 1.54) is 15.7 Å². The Morgan fingerprint density at radius 2 is 1.52 bits per heavy atom. The molecule has 0 atom stereocenters. The molecule has 1 fully saturated rings. The molecule has 1 aliphatic heterocycles. The fraction of sp³-hybridized carbons (Fsp3) is 0.294. The van der Waals surface area contributed by atoms with Gasteiger partial charge < -0.3 is 24.6 Å². The Morgan fingerprint density at radius 3 is 2.16 bits per heavy atom. The van der Waals surface area contributed by atoms with Crippen molar-refractivity contribution in [1.82, 2.24) is 19.4 Å². The van der Waals surface area contributed by atoms with Crippen molar-refractivity contribution >= 4 is 29.0 Å². The van der Waals surface area contributed by atoms with Crippen LogP contribution >= 0.6 is 0 Å². The number of hydrogen-bond acceptors (Lipinski definition) is 6. The third-order valence-corrected chi connectivity index (χ3v) is 7.65. The van der Waals surface area contributed by atoms with Crippen molar-refractivity contribution in [2.24, 2.45) is 7.05 Å². The molecule has 2 amide bonds. The fourth-order valence-corrected chi connectivity index (χ4v) is 5.22. The number of halogens is 1. The van der Waals surface area contributed by atoms with Gasteiger partial charge in [0.05, 0.1) is 11.4 Å². The van der Waals surface area contributed by atoms with Crippen molar-refractivity contribution in [2.75, 3.05) is 43.4 Å². The standard InChI is InChI=1S/C34H37FN6O3/c1-34(2,3)41(32(43)23-10-7-6-8-11-23)28-13-9-12-26(29(28)35)27-22-39(5)33(44)30(37-27)36-25-16-14-24(15-17-25)31(42)40-20-18-38(4)19-21-40/h6-17,22H,18-21H2,1-5H3,(H,36,37). The van der Waals surface area contributed by atoms with Gasteiger partial charge in [0.15, 0.2) is 11.6 Å². The lowest BCUT2D eigenvalue weighted by atomic mass is 10.0. The van der Waals surface area contributed by atoms with Crippen LogP contribution in [0.15, 0.2) is 83.8 Å². The molecule has 5 rings (SSSR count). The normalized spacial score (nSPS) is 13.9. The highest BCUT2D eigenvalue weighted by molar-refractivity contribution is 6.07. The molecule has 0 aliphatic carbocycles. The number of amides is 2. The van der Waals surface area contributed by atoms with Gasteiger partial charge in [-0.1, -0.05) is 24.3 Å². The third kappa shape index (κ3) is 6.40. The smallest absolute Gasteiger partial charge is 0.293 e. The van der Waals surface area contributed by atoms with Crippen LogP contribution < -0.4 is 15.8 Å². The summed E-state index contributed by atoms with van der Waals surface area (Å²) in [6, 6.07) is 20.4. The Morgan fingerprint density at radius 1 is 0.864 bits per heavy atom. The van der Waals surface area contributed by atoms with Crippen molar-refractivity contribution in [3.8, 4) is 11.3 Å². The van der Waals surface area contributed by atoms with Gasteiger partial charge in [0.25, 0.3) is 17.4 Å². The summed E-state index contributed by atoms with van der Waals surface area (Å²) in [5, 5.41) is 3.03. The molecule has 9 nitrogen and oxygen atoms in total. The van der Waals surface area contributed by atoms with Gasteiger partial charge in [0, 0.05) is 67.3 Å². The number of likely N-dealkylation sites (N-methyl/N-ethyl adjacent to an activating group) is 1. The quantitative estimate of drug-likeness (QED) is 0.331. The highest BCUT2D eigenvalue weighted by atomic mass is 19.1. The topological polar surface area (TPSA) is 90.8 Å². The van der Waals surface area contributed by atoms with Crippen LogP contribution in [0.5, 0.6) is 0 Å². The van der Waals surface area contributed by atoms with E-state index in [0.717, 1.165) is 13.1 Å². The summed E-state index contributed by atoms with van der Waals surface area (Å²) in [4.78, 5) is 49.5. The number of nitrogens with one attached hydrogen (secondary N) is 1. The van der Waals surface area contributed by atoms with Crippen LogP contribution in [0.1, 0.15) is 41.5 Å². The van der Waals surface area contributed by atoms with Crippen LogP contribution in [-0.2, 0) is 7.05 Å². The minimum Gasteiger partial charge on any atom is -0.336 e. The molecule has 1 aliphatic rings. The summed E-state index contributed by atoms with van der Waals surface area (Å²) < 4.78 is 17.7. The molecule has 0 bridgehead atoms. The summed E-state index contributed by atoms with van der Waals surface area (Å²) >= 11 is 0. The first kappa shape index (κ1) is 30.6. The summed E-state index contributed by atoms with van der Waals surface area (Å²) in [6.07, 6.45) is 1.47. The SMILES string of the molecule is CN1CCN(C(=O)c2ccc(Nc3nc(-c4cccc(N(C(=O)c5ccccc5)C(C)(C)C)c4F)cn(C)c3=O)cc2)CC1. The molecular formula is C34H37FN6O3. The minimum absolute atomic E-state index is 0.000914. The van der Waals surface area contributed by atoms with Gasteiger partial charge >= 0.3 is 0 Å². The van der Waals surface area contributed by atoms with Gasteiger partial charge in [-0.25, -0.2) is 9.37 Å². The number of aryl methyl sites for hydroxylation is 1. The lowest BCUT2D eigenvalue weighted by Gasteiger charge is -2.36. The predicted molar refractivity (Wildman–Crippen MR) is 171 cm³/mol. The zero-order chi connectivity index (χ0) is 31.6. The number of carbonyl (C=O) groups is 2. The van der Waals surface area contributed by atoms with Gasteiger partial charge in [-0.3, -0.25) is 14.4 Å². The number of piperazine rings is 1. The highest BCUT2D eigenvalue weighted by Gasteiger charge is 2.32.